The van der Waals surface area contributed by atoms with E-state index >= 15 is 0 Å². The zero-order chi connectivity index (χ0) is 16.2. The number of anilines is 1. The molecule has 0 atom stereocenters. The summed E-state index contributed by atoms with van der Waals surface area (Å²) in [5.41, 5.74) is 8.04. The molecule has 0 aliphatic heterocycles. The second kappa shape index (κ2) is 6.89. The van der Waals surface area contributed by atoms with Crippen molar-refractivity contribution >= 4 is 28.3 Å². The molecule has 0 fully saturated rings. The summed E-state index contributed by atoms with van der Waals surface area (Å²) in [7, 11) is 0. The van der Waals surface area contributed by atoms with Crippen molar-refractivity contribution in [2.75, 3.05) is 12.3 Å². The van der Waals surface area contributed by atoms with Crippen LogP contribution in [0.15, 0.2) is 42.7 Å². The van der Waals surface area contributed by atoms with E-state index in [2.05, 4.69) is 26.8 Å². The highest BCUT2D eigenvalue weighted by Gasteiger charge is 2.10. The van der Waals surface area contributed by atoms with Crippen LogP contribution in [0.4, 0.5) is 5.82 Å². The third-order valence-corrected chi connectivity index (χ3v) is 3.94. The highest BCUT2D eigenvalue weighted by Crippen LogP contribution is 2.22. The molecular formula is C17H18ClN5. The molecule has 3 rings (SSSR count). The quantitative estimate of drug-likeness (QED) is 0.779. The maximum absolute atomic E-state index is 6.06. The van der Waals surface area contributed by atoms with Gasteiger partial charge in [0.1, 0.15) is 11.6 Å². The molecule has 0 saturated carbocycles. The highest BCUT2D eigenvalue weighted by atomic mass is 35.5. The molecule has 0 bridgehead atoms. The topological polar surface area (TPSA) is 67.9 Å². The first-order chi connectivity index (χ1) is 11.2. The molecule has 0 amide bonds. The summed E-state index contributed by atoms with van der Waals surface area (Å²) in [6.07, 6.45) is 3.60. The Hall–Kier alpha value is -2.24. The van der Waals surface area contributed by atoms with Crippen LogP contribution in [0.1, 0.15) is 18.3 Å². The predicted octanol–water partition coefficient (Wildman–Crippen LogP) is 3.28. The van der Waals surface area contributed by atoms with Crippen molar-refractivity contribution in [1.82, 2.24) is 19.9 Å². The Bertz CT molecular complexity index is 807. The highest BCUT2D eigenvalue weighted by molar-refractivity contribution is 6.31. The number of hydrogen-bond acceptors (Lipinski definition) is 5. The average molecular weight is 328 g/mol. The van der Waals surface area contributed by atoms with Gasteiger partial charge < -0.3 is 5.73 Å². The first-order valence-electron chi connectivity index (χ1n) is 7.48. The summed E-state index contributed by atoms with van der Waals surface area (Å²) in [5.74, 6) is 1.19. The van der Waals surface area contributed by atoms with Gasteiger partial charge in [-0.05, 0) is 42.4 Å². The summed E-state index contributed by atoms with van der Waals surface area (Å²) < 4.78 is 0. The fourth-order valence-electron chi connectivity index (χ4n) is 2.47. The normalized spacial score (nSPS) is 11.3. The minimum Gasteiger partial charge on any atom is -0.383 e. The largest absolute Gasteiger partial charge is 0.383 e. The second-order valence-corrected chi connectivity index (χ2v) is 5.78. The lowest BCUT2D eigenvalue weighted by atomic mass is 10.2. The number of benzene rings is 1. The Kier molecular flexibility index (Phi) is 4.69. The van der Waals surface area contributed by atoms with Crippen LogP contribution in [-0.4, -0.2) is 26.4 Å². The second-order valence-electron chi connectivity index (χ2n) is 5.35. The Morgan fingerprint density at radius 2 is 1.87 bits per heavy atom. The van der Waals surface area contributed by atoms with E-state index in [-0.39, 0.29) is 0 Å². The number of rotatable bonds is 5. The first-order valence-corrected chi connectivity index (χ1v) is 7.86. The zero-order valence-corrected chi connectivity index (χ0v) is 13.7. The molecule has 6 heteroatoms. The van der Waals surface area contributed by atoms with Crippen molar-refractivity contribution in [3.8, 4) is 0 Å². The number of pyridine rings is 1. The van der Waals surface area contributed by atoms with E-state index in [9.17, 15) is 0 Å². The fourth-order valence-corrected chi connectivity index (χ4v) is 2.64. The van der Waals surface area contributed by atoms with Crippen molar-refractivity contribution < 1.29 is 0 Å². The number of fused-ring (bicyclic) bond motifs is 1. The van der Waals surface area contributed by atoms with Gasteiger partial charge in [0.2, 0.25) is 0 Å². The van der Waals surface area contributed by atoms with Crippen LogP contribution in [-0.2, 0) is 13.1 Å². The van der Waals surface area contributed by atoms with Gasteiger partial charge in [-0.25, -0.2) is 9.97 Å². The summed E-state index contributed by atoms with van der Waals surface area (Å²) in [6, 6.07) is 9.49. The molecule has 5 nitrogen and oxygen atoms in total. The lowest BCUT2D eigenvalue weighted by Gasteiger charge is -2.19. The van der Waals surface area contributed by atoms with Crippen LogP contribution in [0.3, 0.4) is 0 Å². The third kappa shape index (κ3) is 3.75. The molecule has 0 aliphatic rings. The predicted molar refractivity (Wildman–Crippen MR) is 93.0 cm³/mol. The van der Waals surface area contributed by atoms with Crippen molar-refractivity contribution in [2.24, 2.45) is 0 Å². The lowest BCUT2D eigenvalue weighted by Crippen LogP contribution is -2.23. The number of nitrogen functional groups attached to an aromatic ring is 1. The number of nitrogens with two attached hydrogens (primary N) is 1. The molecule has 0 unspecified atom stereocenters. The molecular weight excluding hydrogens is 310 g/mol. The number of aromatic nitrogens is 3. The smallest absolute Gasteiger partial charge is 0.145 e. The molecule has 1 aromatic carbocycles. The van der Waals surface area contributed by atoms with Crippen LogP contribution in [0, 0.1) is 0 Å². The van der Waals surface area contributed by atoms with Crippen molar-refractivity contribution in [3.05, 3.63) is 59.1 Å². The van der Waals surface area contributed by atoms with Crippen molar-refractivity contribution in [1.29, 1.82) is 0 Å². The Morgan fingerprint density at radius 1 is 1.09 bits per heavy atom. The Labute approximate surface area is 140 Å². The SMILES string of the molecule is CCN(Cc1ccncc1)Cc1nc(N)c2ccc(Cl)cc2n1. The van der Waals surface area contributed by atoms with Gasteiger partial charge in [0.15, 0.2) is 0 Å². The van der Waals surface area contributed by atoms with Crippen LogP contribution in [0.25, 0.3) is 10.9 Å². The van der Waals surface area contributed by atoms with E-state index in [0.29, 0.717) is 23.2 Å². The van der Waals surface area contributed by atoms with Gasteiger partial charge in [-0.3, -0.25) is 9.88 Å². The minimum absolute atomic E-state index is 0.488. The molecule has 2 N–H and O–H groups in total. The number of nitrogens with zero attached hydrogens (tertiary/aromatic N) is 4. The standard InChI is InChI=1S/C17H18ClN5/c1-2-23(10-12-5-7-20-8-6-12)11-16-21-15-9-13(18)3-4-14(15)17(19)22-16/h3-9H,2,10-11H2,1H3,(H2,19,21,22). The average Bonchev–Trinajstić information content (AvgIpc) is 2.54. The van der Waals surface area contributed by atoms with Gasteiger partial charge >= 0.3 is 0 Å². The maximum atomic E-state index is 6.06. The third-order valence-electron chi connectivity index (χ3n) is 3.70. The molecule has 118 valence electrons. The molecule has 0 radical (unpaired) electrons. The summed E-state index contributed by atoms with van der Waals surface area (Å²) in [4.78, 5) is 15.3. The van der Waals surface area contributed by atoms with Crippen LogP contribution < -0.4 is 5.73 Å². The zero-order valence-electron chi connectivity index (χ0n) is 12.9. The van der Waals surface area contributed by atoms with Crippen LogP contribution in [0.2, 0.25) is 5.02 Å². The van der Waals surface area contributed by atoms with E-state index in [1.165, 1.54) is 5.56 Å². The van der Waals surface area contributed by atoms with Crippen LogP contribution >= 0.6 is 11.6 Å². The van der Waals surface area contributed by atoms with Gasteiger partial charge in [0.05, 0.1) is 12.1 Å². The van der Waals surface area contributed by atoms with Crippen molar-refractivity contribution in [3.63, 3.8) is 0 Å². The van der Waals surface area contributed by atoms with Crippen molar-refractivity contribution in [2.45, 2.75) is 20.0 Å². The van der Waals surface area contributed by atoms with Crippen LogP contribution in [0.5, 0.6) is 0 Å². The van der Waals surface area contributed by atoms with E-state index in [1.54, 1.807) is 18.5 Å². The van der Waals surface area contributed by atoms with E-state index in [4.69, 9.17) is 17.3 Å². The molecule has 3 aromatic rings. The van der Waals surface area contributed by atoms with Gasteiger partial charge in [-0.15, -0.1) is 0 Å². The molecule has 2 aromatic heterocycles. The molecule has 0 spiro atoms. The first kappa shape index (κ1) is 15.6. The monoisotopic (exact) mass is 327 g/mol. The van der Waals surface area contributed by atoms with Gasteiger partial charge in [-0.2, -0.15) is 0 Å². The fraction of sp³-hybridized carbons (Fsp3) is 0.235. The lowest BCUT2D eigenvalue weighted by molar-refractivity contribution is 0.265. The van der Waals surface area contributed by atoms with E-state index in [0.717, 1.165) is 24.0 Å². The minimum atomic E-state index is 0.488. The summed E-state index contributed by atoms with van der Waals surface area (Å²) in [5, 5.41) is 1.47. The number of hydrogen-bond donors (Lipinski definition) is 1. The van der Waals surface area contributed by atoms with Gasteiger partial charge in [0, 0.05) is 29.3 Å². The molecule has 23 heavy (non-hydrogen) atoms. The summed E-state index contributed by atoms with van der Waals surface area (Å²) in [6.45, 7) is 4.45. The molecule has 0 aliphatic carbocycles. The Morgan fingerprint density at radius 3 is 2.61 bits per heavy atom. The number of halogens is 1. The summed E-state index contributed by atoms with van der Waals surface area (Å²) >= 11 is 6.05. The molecule has 0 saturated heterocycles. The van der Waals surface area contributed by atoms with Gasteiger partial charge in [-0.1, -0.05) is 18.5 Å². The van der Waals surface area contributed by atoms with Gasteiger partial charge in [0.25, 0.3) is 0 Å². The molecule has 2 heterocycles. The maximum Gasteiger partial charge on any atom is 0.145 e. The van der Waals surface area contributed by atoms with E-state index < -0.39 is 0 Å². The van der Waals surface area contributed by atoms with E-state index in [1.807, 2.05) is 24.3 Å². The Balaban J connectivity index is 1.84.